The average molecular weight is 379 g/mol. The second-order valence-corrected chi connectivity index (χ2v) is 5.85. The maximum atomic E-state index is 12.9. The second kappa shape index (κ2) is 9.27. The topological polar surface area (TPSA) is 73.2 Å². The number of ketones is 1. The van der Waals surface area contributed by atoms with Crippen molar-refractivity contribution in [2.75, 3.05) is 11.9 Å². The zero-order valence-corrected chi connectivity index (χ0v) is 14.9. The zero-order valence-electron chi connectivity index (χ0n) is 14.9. The molecule has 1 aromatic heterocycles. The van der Waals surface area contributed by atoms with Crippen LogP contribution in [0.3, 0.4) is 0 Å². The molecule has 1 amide bonds. The molecule has 0 saturated carbocycles. The number of hydrogen-bond donors (Lipinski definition) is 1. The minimum atomic E-state index is -0.788. The average Bonchev–Trinajstić information content (AvgIpc) is 3.22. The van der Waals surface area contributed by atoms with Gasteiger partial charge in [0.25, 0.3) is 5.91 Å². The van der Waals surface area contributed by atoms with Gasteiger partial charge >= 0.3 is 0 Å². The fourth-order valence-corrected chi connectivity index (χ4v) is 2.38. The van der Waals surface area contributed by atoms with E-state index in [0.717, 1.165) is 6.08 Å². The summed E-state index contributed by atoms with van der Waals surface area (Å²) < 4.78 is 20.5. The summed E-state index contributed by atoms with van der Waals surface area (Å²) in [6, 6.07) is 12.5. The first-order chi connectivity index (χ1) is 13.6. The van der Waals surface area contributed by atoms with Gasteiger partial charge in [0.05, 0.1) is 18.6 Å². The van der Waals surface area contributed by atoms with Gasteiger partial charge in [-0.05, 0) is 35.9 Å². The molecule has 0 aliphatic heterocycles. The number of halogens is 1. The Morgan fingerprint density at radius 1 is 1.14 bits per heavy atom. The number of hydrogen-bond acceptors (Lipinski definition) is 4. The summed E-state index contributed by atoms with van der Waals surface area (Å²) >= 11 is 0. The van der Waals surface area contributed by atoms with E-state index >= 15 is 0 Å². The third kappa shape index (κ3) is 5.38. The standard InChI is InChI=1S/C21H18FN3O3/c22-17-8-5-16(6-9-17)7-10-19(26)21(27)24-18-3-1-2-4-20(18)28-14-13-25-12-11-23-15-25/h1-12,15H,13-14H2,(H,24,27)/b10-7+. The lowest BCUT2D eigenvalue weighted by molar-refractivity contribution is -0.131. The van der Waals surface area contributed by atoms with E-state index in [1.807, 2.05) is 10.8 Å². The Labute approximate surface area is 161 Å². The van der Waals surface area contributed by atoms with Crippen LogP contribution < -0.4 is 10.1 Å². The number of amides is 1. The Kier molecular flexibility index (Phi) is 6.30. The third-order valence-electron chi connectivity index (χ3n) is 3.82. The highest BCUT2D eigenvalue weighted by molar-refractivity contribution is 6.45. The molecule has 142 valence electrons. The smallest absolute Gasteiger partial charge is 0.296 e. The quantitative estimate of drug-likeness (QED) is 0.481. The van der Waals surface area contributed by atoms with E-state index in [-0.39, 0.29) is 5.82 Å². The van der Waals surface area contributed by atoms with Crippen LogP contribution in [0.25, 0.3) is 6.08 Å². The van der Waals surface area contributed by atoms with Gasteiger partial charge in [0.1, 0.15) is 18.2 Å². The van der Waals surface area contributed by atoms with Crippen LogP contribution in [0, 0.1) is 5.82 Å². The van der Waals surface area contributed by atoms with Crippen LogP contribution >= 0.6 is 0 Å². The minimum Gasteiger partial charge on any atom is -0.490 e. The summed E-state index contributed by atoms with van der Waals surface area (Å²) in [6.07, 6.45) is 7.78. The fraction of sp³-hybridized carbons (Fsp3) is 0.0952. The van der Waals surface area contributed by atoms with Crippen molar-refractivity contribution in [3.05, 3.63) is 84.7 Å². The monoisotopic (exact) mass is 379 g/mol. The first-order valence-corrected chi connectivity index (χ1v) is 8.58. The van der Waals surface area contributed by atoms with E-state index in [0.29, 0.717) is 30.2 Å². The maximum absolute atomic E-state index is 12.9. The molecule has 0 unspecified atom stereocenters. The first-order valence-electron chi connectivity index (χ1n) is 8.58. The van der Waals surface area contributed by atoms with Crippen molar-refractivity contribution in [3.8, 4) is 5.75 Å². The van der Waals surface area contributed by atoms with Crippen LogP contribution in [0.4, 0.5) is 10.1 Å². The van der Waals surface area contributed by atoms with Crippen LogP contribution in [-0.4, -0.2) is 27.8 Å². The predicted molar refractivity (Wildman–Crippen MR) is 103 cm³/mol. The third-order valence-corrected chi connectivity index (χ3v) is 3.82. The highest BCUT2D eigenvalue weighted by atomic mass is 19.1. The number of benzene rings is 2. The number of ether oxygens (including phenoxy) is 1. The highest BCUT2D eigenvalue weighted by Crippen LogP contribution is 2.23. The van der Waals surface area contributed by atoms with E-state index in [4.69, 9.17) is 4.74 Å². The molecular weight excluding hydrogens is 361 g/mol. The largest absolute Gasteiger partial charge is 0.490 e. The molecule has 0 aliphatic rings. The molecule has 0 saturated heterocycles. The van der Waals surface area contributed by atoms with Crippen molar-refractivity contribution in [2.45, 2.75) is 6.54 Å². The summed E-state index contributed by atoms with van der Waals surface area (Å²) in [5.74, 6) is -1.42. The van der Waals surface area contributed by atoms with E-state index in [1.165, 1.54) is 30.3 Å². The Morgan fingerprint density at radius 3 is 2.68 bits per heavy atom. The summed E-state index contributed by atoms with van der Waals surface area (Å²) in [6.45, 7) is 0.975. The Hall–Kier alpha value is -3.74. The molecule has 0 spiro atoms. The molecule has 2 aromatic carbocycles. The molecule has 3 rings (SSSR count). The fourth-order valence-electron chi connectivity index (χ4n) is 2.38. The number of nitrogens with zero attached hydrogens (tertiary/aromatic N) is 2. The normalized spacial score (nSPS) is 10.8. The lowest BCUT2D eigenvalue weighted by atomic mass is 10.2. The molecule has 28 heavy (non-hydrogen) atoms. The molecule has 0 radical (unpaired) electrons. The van der Waals surface area contributed by atoms with Crippen molar-refractivity contribution < 1.29 is 18.7 Å². The molecule has 0 bridgehead atoms. The molecule has 0 aliphatic carbocycles. The SMILES string of the molecule is O=C(/C=C/c1ccc(F)cc1)C(=O)Nc1ccccc1OCCn1ccnc1. The zero-order chi connectivity index (χ0) is 19.8. The van der Waals surface area contributed by atoms with Crippen LogP contribution in [0.5, 0.6) is 5.75 Å². The number of anilines is 1. The number of rotatable bonds is 8. The molecular formula is C21H18FN3O3. The van der Waals surface area contributed by atoms with E-state index in [9.17, 15) is 14.0 Å². The summed E-state index contributed by atoms with van der Waals surface area (Å²) in [4.78, 5) is 28.2. The van der Waals surface area contributed by atoms with Gasteiger partial charge in [-0.15, -0.1) is 0 Å². The number of aromatic nitrogens is 2. The summed E-state index contributed by atoms with van der Waals surface area (Å²) in [5, 5.41) is 2.56. The van der Waals surface area contributed by atoms with Gasteiger partial charge in [-0.3, -0.25) is 9.59 Å². The van der Waals surface area contributed by atoms with Gasteiger partial charge in [-0.1, -0.05) is 30.3 Å². The molecule has 6 nitrogen and oxygen atoms in total. The number of nitrogens with one attached hydrogen (secondary N) is 1. The number of imidazole rings is 1. The van der Waals surface area contributed by atoms with Crippen LogP contribution in [-0.2, 0) is 16.1 Å². The summed E-state index contributed by atoms with van der Waals surface area (Å²) in [7, 11) is 0. The van der Waals surface area contributed by atoms with Gasteiger partial charge < -0.3 is 14.6 Å². The lowest BCUT2D eigenvalue weighted by Crippen LogP contribution is -2.21. The van der Waals surface area contributed by atoms with Crippen molar-refractivity contribution in [1.82, 2.24) is 9.55 Å². The molecule has 3 aromatic rings. The van der Waals surface area contributed by atoms with E-state index in [1.54, 1.807) is 36.8 Å². The van der Waals surface area contributed by atoms with E-state index in [2.05, 4.69) is 10.3 Å². The number of para-hydroxylation sites is 2. The molecule has 7 heteroatoms. The maximum Gasteiger partial charge on any atom is 0.296 e. The highest BCUT2D eigenvalue weighted by Gasteiger charge is 2.13. The Bertz CT molecular complexity index is 967. The van der Waals surface area contributed by atoms with Crippen molar-refractivity contribution in [1.29, 1.82) is 0 Å². The predicted octanol–water partition coefficient (Wildman–Crippen LogP) is 3.32. The molecule has 1 heterocycles. The molecule has 1 N–H and O–H groups in total. The first kappa shape index (κ1) is 19.0. The van der Waals surface area contributed by atoms with Crippen molar-refractivity contribution >= 4 is 23.5 Å². The molecule has 0 atom stereocenters. The van der Waals surface area contributed by atoms with Gasteiger partial charge in [0.15, 0.2) is 0 Å². The van der Waals surface area contributed by atoms with Crippen molar-refractivity contribution in [2.24, 2.45) is 0 Å². The van der Waals surface area contributed by atoms with Crippen LogP contribution in [0.1, 0.15) is 5.56 Å². The number of carbonyl (C=O) groups is 2. The number of carbonyl (C=O) groups excluding carboxylic acids is 2. The van der Waals surface area contributed by atoms with Crippen molar-refractivity contribution in [3.63, 3.8) is 0 Å². The van der Waals surface area contributed by atoms with Crippen LogP contribution in [0.2, 0.25) is 0 Å². The Morgan fingerprint density at radius 2 is 1.93 bits per heavy atom. The summed E-state index contributed by atoms with van der Waals surface area (Å²) in [5.41, 5.74) is 1.02. The Balaban J connectivity index is 1.58. The van der Waals surface area contributed by atoms with Gasteiger partial charge in [-0.2, -0.15) is 0 Å². The molecule has 0 fully saturated rings. The minimum absolute atomic E-state index is 0.370. The van der Waals surface area contributed by atoms with Gasteiger partial charge in [0, 0.05) is 12.4 Å². The lowest BCUT2D eigenvalue weighted by Gasteiger charge is -2.12. The van der Waals surface area contributed by atoms with Gasteiger partial charge in [0.2, 0.25) is 5.78 Å². The van der Waals surface area contributed by atoms with E-state index < -0.39 is 11.7 Å². The second-order valence-electron chi connectivity index (χ2n) is 5.85. The van der Waals surface area contributed by atoms with Gasteiger partial charge in [-0.25, -0.2) is 9.37 Å². The van der Waals surface area contributed by atoms with Crippen LogP contribution in [0.15, 0.2) is 73.3 Å².